The van der Waals surface area contributed by atoms with Crippen LogP contribution in [-0.2, 0) is 4.79 Å². The smallest absolute Gasteiger partial charge is 0.326 e. The number of hydrogen-bond donors (Lipinski definition) is 2. The lowest BCUT2D eigenvalue weighted by atomic mass is 10.1. The maximum atomic E-state index is 12.1. The van der Waals surface area contributed by atoms with Gasteiger partial charge in [-0.15, -0.1) is 11.3 Å². The number of hydrogen-bond acceptors (Lipinski definition) is 3. The van der Waals surface area contributed by atoms with Crippen LogP contribution >= 0.6 is 11.3 Å². The van der Waals surface area contributed by atoms with Crippen molar-refractivity contribution in [1.29, 1.82) is 0 Å². The molecule has 3 rings (SSSR count). The molecule has 19 heavy (non-hydrogen) atoms. The van der Waals surface area contributed by atoms with Gasteiger partial charge in [0.05, 0.1) is 0 Å². The van der Waals surface area contributed by atoms with E-state index < -0.39 is 12.0 Å². The summed E-state index contributed by atoms with van der Waals surface area (Å²) < 4.78 is 1.12. The fourth-order valence-corrected chi connectivity index (χ4v) is 2.91. The summed E-state index contributed by atoms with van der Waals surface area (Å²) in [5.41, 5.74) is 0.512. The van der Waals surface area contributed by atoms with Gasteiger partial charge in [0, 0.05) is 10.3 Å². The van der Waals surface area contributed by atoms with Crippen LogP contribution in [0.2, 0.25) is 0 Å². The summed E-state index contributed by atoms with van der Waals surface area (Å²) in [6.07, 6.45) is 1.75. The van der Waals surface area contributed by atoms with Crippen molar-refractivity contribution in [3.8, 4) is 0 Å². The molecule has 1 heterocycles. The topological polar surface area (TPSA) is 66.4 Å². The molecule has 1 amide bonds. The van der Waals surface area contributed by atoms with Crippen LogP contribution in [0.3, 0.4) is 0 Å². The van der Waals surface area contributed by atoms with Gasteiger partial charge >= 0.3 is 5.97 Å². The summed E-state index contributed by atoms with van der Waals surface area (Å²) in [6.45, 7) is 0. The van der Waals surface area contributed by atoms with E-state index in [2.05, 4.69) is 5.32 Å². The van der Waals surface area contributed by atoms with Gasteiger partial charge < -0.3 is 10.4 Å². The molecule has 2 N–H and O–H groups in total. The monoisotopic (exact) mass is 275 g/mol. The van der Waals surface area contributed by atoms with Crippen molar-refractivity contribution in [2.45, 2.75) is 18.9 Å². The van der Waals surface area contributed by atoms with E-state index in [4.69, 9.17) is 5.11 Å². The Bertz CT molecular complexity index is 645. The Kier molecular flexibility index (Phi) is 2.98. The Balaban J connectivity index is 1.80. The van der Waals surface area contributed by atoms with Gasteiger partial charge in [0.2, 0.25) is 0 Å². The van der Waals surface area contributed by atoms with Crippen LogP contribution in [-0.4, -0.2) is 23.0 Å². The number of nitrogens with one attached hydrogen (secondary N) is 1. The van der Waals surface area contributed by atoms with E-state index in [0.29, 0.717) is 5.56 Å². The number of fused-ring (bicyclic) bond motifs is 1. The molecule has 1 unspecified atom stereocenters. The number of thiophene rings is 1. The zero-order chi connectivity index (χ0) is 13.4. The first kappa shape index (κ1) is 12.2. The third-order valence-corrected chi connectivity index (χ3v) is 4.26. The predicted molar refractivity (Wildman–Crippen MR) is 73.4 cm³/mol. The number of carbonyl (C=O) groups is 2. The summed E-state index contributed by atoms with van der Waals surface area (Å²) in [7, 11) is 0. The first-order valence-corrected chi connectivity index (χ1v) is 7.04. The van der Waals surface area contributed by atoms with Gasteiger partial charge in [0.25, 0.3) is 5.91 Å². The van der Waals surface area contributed by atoms with Crippen molar-refractivity contribution in [1.82, 2.24) is 5.32 Å². The van der Waals surface area contributed by atoms with Crippen molar-refractivity contribution in [2.75, 3.05) is 0 Å². The second-order valence-electron chi connectivity index (χ2n) is 4.80. The maximum Gasteiger partial charge on any atom is 0.326 e. The van der Waals surface area contributed by atoms with Crippen LogP contribution < -0.4 is 5.32 Å². The van der Waals surface area contributed by atoms with Gasteiger partial charge in [0.1, 0.15) is 6.04 Å². The molecular weight excluding hydrogens is 262 g/mol. The van der Waals surface area contributed by atoms with Crippen molar-refractivity contribution in [3.05, 3.63) is 35.2 Å². The quantitative estimate of drug-likeness (QED) is 0.901. The summed E-state index contributed by atoms with van der Waals surface area (Å²) in [6, 6.07) is 6.62. The molecule has 0 radical (unpaired) electrons. The molecule has 1 aromatic heterocycles. The van der Waals surface area contributed by atoms with Gasteiger partial charge in [0.15, 0.2) is 0 Å². The van der Waals surface area contributed by atoms with Gasteiger partial charge in [-0.2, -0.15) is 0 Å². The molecule has 1 atom stereocenters. The second kappa shape index (κ2) is 4.66. The minimum absolute atomic E-state index is 0.0892. The molecule has 0 bridgehead atoms. The van der Waals surface area contributed by atoms with Crippen molar-refractivity contribution in [2.24, 2.45) is 5.92 Å². The number of carboxylic acids is 1. The van der Waals surface area contributed by atoms with Crippen LogP contribution in [0.1, 0.15) is 23.2 Å². The SMILES string of the molecule is O=C(NC(C(=O)O)C1CC1)c1ccc2sccc2c1. The molecular formula is C14H13NO3S. The normalized spacial score (nSPS) is 16.2. The van der Waals surface area contributed by atoms with E-state index in [9.17, 15) is 9.59 Å². The van der Waals surface area contributed by atoms with Crippen molar-refractivity contribution >= 4 is 33.3 Å². The Morgan fingerprint density at radius 3 is 2.79 bits per heavy atom. The fraction of sp³-hybridized carbons (Fsp3) is 0.286. The standard InChI is InChI=1S/C14H13NO3S/c16-13(15-12(14(17)18)8-1-2-8)10-3-4-11-9(7-10)5-6-19-11/h3-8,12H,1-2H2,(H,15,16)(H,17,18). The van der Waals surface area contributed by atoms with Crippen LogP contribution in [0, 0.1) is 5.92 Å². The van der Waals surface area contributed by atoms with Gasteiger partial charge in [-0.25, -0.2) is 4.79 Å². The molecule has 1 fully saturated rings. The van der Waals surface area contributed by atoms with E-state index in [-0.39, 0.29) is 11.8 Å². The average Bonchev–Trinajstić information content (AvgIpc) is 3.11. The molecule has 5 heteroatoms. The number of carboxylic acid groups (broad SMARTS) is 1. The van der Waals surface area contributed by atoms with Crippen LogP contribution in [0.15, 0.2) is 29.6 Å². The Labute approximate surface area is 114 Å². The first-order valence-electron chi connectivity index (χ1n) is 6.16. The Hall–Kier alpha value is -1.88. The van der Waals surface area contributed by atoms with Gasteiger partial charge in [-0.3, -0.25) is 4.79 Å². The first-order chi connectivity index (χ1) is 9.15. The lowest BCUT2D eigenvalue weighted by Gasteiger charge is -2.13. The minimum Gasteiger partial charge on any atom is -0.480 e. The molecule has 0 spiro atoms. The number of benzene rings is 1. The molecule has 4 nitrogen and oxygen atoms in total. The Morgan fingerprint density at radius 1 is 1.32 bits per heavy atom. The molecule has 98 valence electrons. The van der Waals surface area contributed by atoms with Crippen molar-refractivity contribution in [3.63, 3.8) is 0 Å². The van der Waals surface area contributed by atoms with E-state index in [0.717, 1.165) is 22.9 Å². The van der Waals surface area contributed by atoms with E-state index in [1.54, 1.807) is 23.5 Å². The Morgan fingerprint density at radius 2 is 2.11 bits per heavy atom. The van der Waals surface area contributed by atoms with E-state index in [1.165, 1.54) is 0 Å². The third kappa shape index (κ3) is 2.46. The molecule has 1 aliphatic rings. The van der Waals surface area contributed by atoms with E-state index in [1.807, 2.05) is 17.5 Å². The van der Waals surface area contributed by atoms with Crippen molar-refractivity contribution < 1.29 is 14.7 Å². The molecule has 1 aliphatic carbocycles. The lowest BCUT2D eigenvalue weighted by molar-refractivity contribution is -0.139. The largest absolute Gasteiger partial charge is 0.480 e. The van der Waals surface area contributed by atoms with Crippen LogP contribution in [0.4, 0.5) is 0 Å². The fourth-order valence-electron chi connectivity index (χ4n) is 2.14. The summed E-state index contributed by atoms with van der Waals surface area (Å²) in [5.74, 6) is -1.17. The van der Waals surface area contributed by atoms with Crippen LogP contribution in [0.5, 0.6) is 0 Å². The maximum absolute atomic E-state index is 12.1. The molecule has 0 saturated heterocycles. The summed E-state index contributed by atoms with van der Waals surface area (Å²) in [5, 5.41) is 14.7. The summed E-state index contributed by atoms with van der Waals surface area (Å²) in [4.78, 5) is 23.2. The number of amides is 1. The summed E-state index contributed by atoms with van der Waals surface area (Å²) >= 11 is 1.62. The molecule has 0 aliphatic heterocycles. The predicted octanol–water partition coefficient (Wildman–Crippen LogP) is 2.49. The van der Waals surface area contributed by atoms with Crippen LogP contribution in [0.25, 0.3) is 10.1 Å². The third-order valence-electron chi connectivity index (χ3n) is 3.36. The lowest BCUT2D eigenvalue weighted by Crippen LogP contribution is -2.42. The highest BCUT2D eigenvalue weighted by Gasteiger charge is 2.37. The minimum atomic E-state index is -0.951. The molecule has 1 saturated carbocycles. The zero-order valence-electron chi connectivity index (χ0n) is 10.1. The zero-order valence-corrected chi connectivity index (χ0v) is 10.9. The van der Waals surface area contributed by atoms with Gasteiger partial charge in [-0.05, 0) is 53.8 Å². The molecule has 1 aromatic carbocycles. The highest BCUT2D eigenvalue weighted by Crippen LogP contribution is 2.33. The highest BCUT2D eigenvalue weighted by atomic mass is 32.1. The van der Waals surface area contributed by atoms with Gasteiger partial charge in [-0.1, -0.05) is 0 Å². The average molecular weight is 275 g/mol. The molecule has 2 aromatic rings. The number of rotatable bonds is 4. The number of carbonyl (C=O) groups excluding carboxylic acids is 1. The highest BCUT2D eigenvalue weighted by molar-refractivity contribution is 7.17. The number of aliphatic carboxylic acids is 1. The van der Waals surface area contributed by atoms with E-state index >= 15 is 0 Å². The second-order valence-corrected chi connectivity index (χ2v) is 5.75.